The van der Waals surface area contributed by atoms with Crippen molar-refractivity contribution in [3.63, 3.8) is 0 Å². The molecule has 9 heteroatoms. The van der Waals surface area contributed by atoms with Crippen LogP contribution in [-0.4, -0.2) is 20.7 Å². The maximum atomic E-state index is 12.7. The van der Waals surface area contributed by atoms with Crippen molar-refractivity contribution in [1.82, 2.24) is 14.8 Å². The summed E-state index contributed by atoms with van der Waals surface area (Å²) in [5, 5.41) is 21.2. The predicted molar refractivity (Wildman–Crippen MR) is 131 cm³/mol. The van der Waals surface area contributed by atoms with Crippen LogP contribution in [0.2, 0.25) is 0 Å². The highest BCUT2D eigenvalue weighted by molar-refractivity contribution is 9.10. The van der Waals surface area contributed by atoms with Crippen LogP contribution in [0.25, 0.3) is 11.8 Å². The second kappa shape index (κ2) is 10.3. The molecule has 0 atom stereocenters. The molecule has 164 valence electrons. The summed E-state index contributed by atoms with van der Waals surface area (Å²) >= 11 is 4.62. The number of para-hydroxylation sites is 1. The summed E-state index contributed by atoms with van der Waals surface area (Å²) < 4.78 is 8.63. The Balaban J connectivity index is 1.45. The second-order valence-corrected chi connectivity index (χ2v) is 8.94. The molecule has 0 radical (unpaired) electrons. The van der Waals surface area contributed by atoms with Crippen molar-refractivity contribution in [1.29, 1.82) is 5.26 Å². The van der Waals surface area contributed by atoms with Crippen molar-refractivity contribution < 1.29 is 9.53 Å². The molecule has 0 spiro atoms. The van der Waals surface area contributed by atoms with E-state index in [1.807, 2.05) is 84.4 Å². The number of carbonyl (C=O) groups is 1. The minimum atomic E-state index is -0.552. The highest BCUT2D eigenvalue weighted by Crippen LogP contribution is 2.22. The maximum absolute atomic E-state index is 12.7. The van der Waals surface area contributed by atoms with E-state index in [0.717, 1.165) is 21.5 Å². The van der Waals surface area contributed by atoms with Crippen molar-refractivity contribution in [2.75, 3.05) is 5.32 Å². The molecule has 0 saturated heterocycles. The lowest BCUT2D eigenvalue weighted by molar-refractivity contribution is -0.112. The van der Waals surface area contributed by atoms with E-state index in [0.29, 0.717) is 15.8 Å². The van der Waals surface area contributed by atoms with E-state index in [1.54, 1.807) is 6.08 Å². The Labute approximate surface area is 203 Å². The van der Waals surface area contributed by atoms with Crippen LogP contribution >= 0.6 is 27.3 Å². The Morgan fingerprint density at radius 3 is 2.73 bits per heavy atom. The van der Waals surface area contributed by atoms with Crippen molar-refractivity contribution in [3.05, 3.63) is 93.2 Å². The number of aryl methyl sites for hydroxylation is 1. The zero-order chi connectivity index (χ0) is 23.2. The normalized spacial score (nSPS) is 11.1. The largest absolute Gasteiger partial charge is 0.486 e. The van der Waals surface area contributed by atoms with Gasteiger partial charge in [0, 0.05) is 22.1 Å². The van der Waals surface area contributed by atoms with Gasteiger partial charge in [-0.1, -0.05) is 45.5 Å². The third-order valence-electron chi connectivity index (χ3n) is 4.67. The summed E-state index contributed by atoms with van der Waals surface area (Å²) in [6, 6.07) is 21.1. The summed E-state index contributed by atoms with van der Waals surface area (Å²) in [5.74, 6) is 0.213. The van der Waals surface area contributed by atoms with Crippen LogP contribution in [0.15, 0.2) is 76.9 Å². The number of carbonyl (C=O) groups excluding carboxylic acids is 1. The molecule has 2 aromatic heterocycles. The van der Waals surface area contributed by atoms with Gasteiger partial charge >= 0.3 is 0 Å². The molecular formula is C24H18BrN5O2S. The first kappa shape index (κ1) is 22.5. The number of nitriles is 1. The number of nitrogens with zero attached hydrogens (tertiary/aromatic N) is 4. The minimum Gasteiger partial charge on any atom is -0.486 e. The van der Waals surface area contributed by atoms with Gasteiger partial charge in [-0.25, -0.2) is 0 Å². The van der Waals surface area contributed by atoms with Gasteiger partial charge in [-0.15, -0.1) is 10.2 Å². The molecule has 0 aliphatic rings. The molecule has 2 heterocycles. The average molecular weight is 520 g/mol. The van der Waals surface area contributed by atoms with Gasteiger partial charge in [0.05, 0.1) is 0 Å². The average Bonchev–Trinajstić information content (AvgIpc) is 3.46. The first-order valence-electron chi connectivity index (χ1n) is 9.91. The molecular weight excluding hydrogens is 502 g/mol. The summed E-state index contributed by atoms with van der Waals surface area (Å²) in [5.41, 5.74) is 2.59. The zero-order valence-corrected chi connectivity index (χ0v) is 19.9. The van der Waals surface area contributed by atoms with E-state index in [-0.39, 0.29) is 12.2 Å². The number of hydrogen-bond acceptors (Lipinski definition) is 6. The SMILES string of the molecule is Cc1ccccc1OCc1nnc(NC(=O)C(C#N)=Cc2cccn2-c2ccc(Br)cc2)s1. The number of hydrogen-bond donors (Lipinski definition) is 1. The lowest BCUT2D eigenvalue weighted by atomic mass is 10.2. The molecule has 0 fully saturated rings. The van der Waals surface area contributed by atoms with Crippen LogP contribution in [0, 0.1) is 18.3 Å². The van der Waals surface area contributed by atoms with Gasteiger partial charge in [-0.2, -0.15) is 5.26 Å². The van der Waals surface area contributed by atoms with Crippen LogP contribution in [-0.2, 0) is 11.4 Å². The molecule has 1 N–H and O–H groups in total. The van der Waals surface area contributed by atoms with E-state index in [4.69, 9.17) is 4.74 Å². The van der Waals surface area contributed by atoms with Gasteiger partial charge in [0.2, 0.25) is 5.13 Å². The highest BCUT2D eigenvalue weighted by atomic mass is 79.9. The number of ether oxygens (including phenoxy) is 1. The molecule has 33 heavy (non-hydrogen) atoms. The monoisotopic (exact) mass is 519 g/mol. The lowest BCUT2D eigenvalue weighted by Gasteiger charge is -2.07. The summed E-state index contributed by atoms with van der Waals surface area (Å²) in [6.07, 6.45) is 3.41. The first-order valence-corrected chi connectivity index (χ1v) is 11.5. The van der Waals surface area contributed by atoms with Crippen LogP contribution in [0.4, 0.5) is 5.13 Å². The first-order chi connectivity index (χ1) is 16.0. The second-order valence-electron chi connectivity index (χ2n) is 6.96. The molecule has 1 amide bonds. The smallest absolute Gasteiger partial charge is 0.268 e. The number of halogens is 1. The molecule has 0 unspecified atom stereocenters. The fraction of sp³-hybridized carbons (Fsp3) is 0.0833. The zero-order valence-electron chi connectivity index (χ0n) is 17.5. The third kappa shape index (κ3) is 5.55. The number of benzene rings is 2. The standard InChI is InChI=1S/C24H18BrN5O2S/c1-16-5-2-3-7-21(16)32-15-22-28-29-24(33-22)27-23(31)17(14-26)13-20-6-4-12-30(20)19-10-8-18(25)9-11-19/h2-13H,15H2,1H3,(H,27,29,31). The Morgan fingerprint density at radius 2 is 1.97 bits per heavy atom. The number of amides is 1. The van der Waals surface area contributed by atoms with E-state index in [1.165, 1.54) is 11.3 Å². The van der Waals surface area contributed by atoms with Gasteiger partial charge in [0.25, 0.3) is 5.91 Å². The third-order valence-corrected chi connectivity index (χ3v) is 6.02. The number of aromatic nitrogens is 3. The minimum absolute atomic E-state index is 0.0417. The Bertz CT molecular complexity index is 1350. The Hall–Kier alpha value is -3.74. The van der Waals surface area contributed by atoms with Gasteiger partial charge in [0.1, 0.15) is 24.0 Å². The van der Waals surface area contributed by atoms with Gasteiger partial charge in [0.15, 0.2) is 5.01 Å². The van der Waals surface area contributed by atoms with E-state index < -0.39 is 5.91 Å². The van der Waals surface area contributed by atoms with Gasteiger partial charge in [-0.3, -0.25) is 10.1 Å². The molecule has 4 rings (SSSR count). The van der Waals surface area contributed by atoms with Crippen LogP contribution in [0.5, 0.6) is 5.75 Å². The quantitative estimate of drug-likeness (QED) is 0.256. The van der Waals surface area contributed by atoms with E-state index in [2.05, 4.69) is 31.4 Å². The lowest BCUT2D eigenvalue weighted by Crippen LogP contribution is -2.13. The molecule has 0 saturated carbocycles. The van der Waals surface area contributed by atoms with Crippen molar-refractivity contribution in [2.24, 2.45) is 0 Å². The van der Waals surface area contributed by atoms with Crippen LogP contribution < -0.4 is 10.1 Å². The number of anilines is 1. The number of nitrogens with one attached hydrogen (secondary N) is 1. The highest BCUT2D eigenvalue weighted by Gasteiger charge is 2.14. The Kier molecular flexibility index (Phi) is 6.98. The van der Waals surface area contributed by atoms with E-state index in [9.17, 15) is 10.1 Å². The summed E-state index contributed by atoms with van der Waals surface area (Å²) in [6.45, 7) is 2.20. The molecule has 4 aromatic rings. The Morgan fingerprint density at radius 1 is 1.18 bits per heavy atom. The molecule has 7 nitrogen and oxygen atoms in total. The predicted octanol–water partition coefficient (Wildman–Crippen LogP) is 5.52. The van der Waals surface area contributed by atoms with Gasteiger partial charge in [-0.05, 0) is 61.0 Å². The fourth-order valence-corrected chi connectivity index (χ4v) is 3.94. The van der Waals surface area contributed by atoms with Gasteiger partial charge < -0.3 is 9.30 Å². The molecule has 0 bridgehead atoms. The molecule has 2 aromatic carbocycles. The summed E-state index contributed by atoms with van der Waals surface area (Å²) in [4.78, 5) is 12.7. The number of rotatable bonds is 7. The van der Waals surface area contributed by atoms with Crippen molar-refractivity contribution in [3.8, 4) is 17.5 Å². The fourth-order valence-electron chi connectivity index (χ4n) is 3.03. The van der Waals surface area contributed by atoms with Crippen LogP contribution in [0.3, 0.4) is 0 Å². The molecule has 0 aliphatic heterocycles. The van der Waals surface area contributed by atoms with Crippen molar-refractivity contribution >= 4 is 44.4 Å². The maximum Gasteiger partial charge on any atom is 0.268 e. The van der Waals surface area contributed by atoms with Crippen LogP contribution in [0.1, 0.15) is 16.3 Å². The topological polar surface area (TPSA) is 92.8 Å². The molecule has 0 aliphatic carbocycles. The van der Waals surface area contributed by atoms with Crippen molar-refractivity contribution in [2.45, 2.75) is 13.5 Å². The summed E-state index contributed by atoms with van der Waals surface area (Å²) in [7, 11) is 0. The van der Waals surface area contributed by atoms with E-state index >= 15 is 0 Å².